The Morgan fingerprint density at radius 3 is 1.42 bits per heavy atom. The van der Waals surface area contributed by atoms with Gasteiger partial charge < -0.3 is 5.11 Å². The molecule has 2 heteroatoms. The van der Waals surface area contributed by atoms with Crippen molar-refractivity contribution in [3.05, 3.63) is 0 Å². The zero-order chi connectivity index (χ0) is 18.0. The highest BCUT2D eigenvalue weighted by Gasteiger charge is 2.22. The summed E-state index contributed by atoms with van der Waals surface area (Å²) in [5.41, 5.74) is 0. The molecule has 0 bridgehead atoms. The smallest absolute Gasteiger partial charge is 0.306 e. The van der Waals surface area contributed by atoms with E-state index in [1.165, 1.54) is 83.5 Å². The van der Waals surface area contributed by atoms with Crippen LogP contribution in [0.1, 0.15) is 124 Å². The Kier molecular flexibility index (Phi) is 16.9. The Morgan fingerprint density at radius 1 is 0.708 bits per heavy atom. The van der Waals surface area contributed by atoms with E-state index in [0.29, 0.717) is 5.92 Å². The van der Waals surface area contributed by atoms with Gasteiger partial charge in [-0.3, -0.25) is 4.79 Å². The predicted octanol–water partition coefficient (Wildman–Crippen LogP) is 7.60. The number of hydrogen-bond acceptors (Lipinski definition) is 1. The van der Waals surface area contributed by atoms with Crippen molar-refractivity contribution in [1.82, 2.24) is 0 Å². The molecule has 144 valence electrons. The largest absolute Gasteiger partial charge is 0.481 e. The quantitative estimate of drug-likeness (QED) is 0.261. The Morgan fingerprint density at radius 2 is 1.08 bits per heavy atom. The summed E-state index contributed by atoms with van der Waals surface area (Å²) in [5.74, 6) is -0.421. The Bertz CT molecular complexity index is 275. The van der Waals surface area contributed by atoms with E-state index in [1.54, 1.807) is 0 Å². The molecular formula is C22H44O2. The first-order valence-electron chi connectivity index (χ1n) is 10.9. The predicted molar refractivity (Wildman–Crippen MR) is 106 cm³/mol. The Hall–Kier alpha value is -0.530. The van der Waals surface area contributed by atoms with Crippen LogP contribution < -0.4 is 0 Å². The topological polar surface area (TPSA) is 37.3 Å². The normalized spacial score (nSPS) is 13.8. The fourth-order valence-corrected chi connectivity index (χ4v) is 3.49. The number of carboxylic acids is 1. The fourth-order valence-electron chi connectivity index (χ4n) is 3.49. The summed E-state index contributed by atoms with van der Waals surface area (Å²) >= 11 is 0. The maximum Gasteiger partial charge on any atom is 0.306 e. The standard InChI is InChI=1S/C22H44O2/c1-4-6-7-8-9-10-11-12-13-14-15-16-17-18-19-21(22(23)24)20(3)5-2/h20-21H,4-19H2,1-3H3,(H,23,24). The van der Waals surface area contributed by atoms with Gasteiger partial charge in [0.1, 0.15) is 0 Å². The van der Waals surface area contributed by atoms with Crippen LogP contribution in [0.2, 0.25) is 0 Å². The Labute approximate surface area is 151 Å². The third-order valence-corrected chi connectivity index (χ3v) is 5.52. The molecule has 0 heterocycles. The van der Waals surface area contributed by atoms with Crippen molar-refractivity contribution in [2.45, 2.75) is 124 Å². The summed E-state index contributed by atoms with van der Waals surface area (Å²) in [6.07, 6.45) is 20.8. The minimum Gasteiger partial charge on any atom is -0.481 e. The molecule has 2 atom stereocenters. The maximum atomic E-state index is 11.3. The van der Waals surface area contributed by atoms with Gasteiger partial charge in [-0.1, -0.05) is 117 Å². The van der Waals surface area contributed by atoms with Crippen LogP contribution in [-0.4, -0.2) is 11.1 Å². The van der Waals surface area contributed by atoms with Gasteiger partial charge in [-0.15, -0.1) is 0 Å². The van der Waals surface area contributed by atoms with Gasteiger partial charge >= 0.3 is 5.97 Å². The highest BCUT2D eigenvalue weighted by Crippen LogP contribution is 2.22. The molecule has 0 aromatic carbocycles. The lowest BCUT2D eigenvalue weighted by atomic mass is 9.87. The average molecular weight is 341 g/mol. The zero-order valence-corrected chi connectivity index (χ0v) is 16.8. The van der Waals surface area contributed by atoms with Crippen molar-refractivity contribution in [3.63, 3.8) is 0 Å². The molecule has 0 saturated carbocycles. The monoisotopic (exact) mass is 340 g/mol. The summed E-state index contributed by atoms with van der Waals surface area (Å²) in [4.78, 5) is 11.3. The lowest BCUT2D eigenvalue weighted by molar-refractivity contribution is -0.143. The number of hydrogen-bond donors (Lipinski definition) is 1. The van der Waals surface area contributed by atoms with E-state index in [2.05, 4.69) is 20.8 Å². The molecular weight excluding hydrogens is 296 g/mol. The number of carbonyl (C=O) groups is 1. The van der Waals surface area contributed by atoms with Crippen molar-refractivity contribution in [2.24, 2.45) is 11.8 Å². The first kappa shape index (κ1) is 23.5. The third kappa shape index (κ3) is 13.9. The van der Waals surface area contributed by atoms with Crippen molar-refractivity contribution in [1.29, 1.82) is 0 Å². The van der Waals surface area contributed by atoms with E-state index in [4.69, 9.17) is 0 Å². The van der Waals surface area contributed by atoms with Crippen LogP contribution in [0.5, 0.6) is 0 Å². The second-order valence-corrected chi connectivity index (χ2v) is 7.72. The number of unbranched alkanes of at least 4 members (excludes halogenated alkanes) is 13. The summed E-state index contributed by atoms with van der Waals surface area (Å²) in [5, 5.41) is 9.28. The molecule has 0 aromatic heterocycles. The number of aliphatic carboxylic acids is 1. The summed E-state index contributed by atoms with van der Waals surface area (Å²) in [7, 11) is 0. The van der Waals surface area contributed by atoms with Gasteiger partial charge in [-0.2, -0.15) is 0 Å². The van der Waals surface area contributed by atoms with Crippen LogP contribution in [0.25, 0.3) is 0 Å². The molecule has 0 aromatic rings. The SMILES string of the molecule is CCCCCCCCCCCCCCCCC(C(=O)O)C(C)CC. The molecule has 0 aliphatic rings. The van der Waals surface area contributed by atoms with Gasteiger partial charge in [0, 0.05) is 0 Å². The lowest BCUT2D eigenvalue weighted by Gasteiger charge is -2.18. The van der Waals surface area contributed by atoms with E-state index >= 15 is 0 Å². The first-order chi connectivity index (χ1) is 11.6. The van der Waals surface area contributed by atoms with Gasteiger partial charge in [-0.05, 0) is 12.3 Å². The molecule has 1 N–H and O–H groups in total. The molecule has 0 rings (SSSR count). The van der Waals surface area contributed by atoms with Crippen LogP contribution in [0.4, 0.5) is 0 Å². The molecule has 2 unspecified atom stereocenters. The van der Waals surface area contributed by atoms with Gasteiger partial charge in [0.15, 0.2) is 0 Å². The molecule has 0 saturated heterocycles. The third-order valence-electron chi connectivity index (χ3n) is 5.52. The first-order valence-corrected chi connectivity index (χ1v) is 10.9. The highest BCUT2D eigenvalue weighted by atomic mass is 16.4. The van der Waals surface area contributed by atoms with Gasteiger partial charge in [0.05, 0.1) is 5.92 Å². The van der Waals surface area contributed by atoms with Crippen LogP contribution in [0.3, 0.4) is 0 Å². The summed E-state index contributed by atoms with van der Waals surface area (Å²) in [6, 6.07) is 0. The van der Waals surface area contributed by atoms with Crippen LogP contribution in [0, 0.1) is 11.8 Å². The summed E-state index contributed by atoms with van der Waals surface area (Å²) < 4.78 is 0. The van der Waals surface area contributed by atoms with E-state index in [-0.39, 0.29) is 5.92 Å². The average Bonchev–Trinajstić information content (AvgIpc) is 2.57. The number of carboxylic acid groups (broad SMARTS) is 1. The van der Waals surface area contributed by atoms with E-state index in [1.807, 2.05) is 0 Å². The molecule has 0 aliphatic carbocycles. The maximum absolute atomic E-state index is 11.3. The van der Waals surface area contributed by atoms with Crippen molar-refractivity contribution in [2.75, 3.05) is 0 Å². The molecule has 0 aliphatic heterocycles. The second kappa shape index (κ2) is 17.3. The highest BCUT2D eigenvalue weighted by molar-refractivity contribution is 5.70. The van der Waals surface area contributed by atoms with Crippen LogP contribution in [-0.2, 0) is 4.79 Å². The molecule has 0 spiro atoms. The van der Waals surface area contributed by atoms with Crippen LogP contribution in [0.15, 0.2) is 0 Å². The molecule has 24 heavy (non-hydrogen) atoms. The molecule has 0 radical (unpaired) electrons. The Balaban J connectivity index is 3.31. The van der Waals surface area contributed by atoms with Gasteiger partial charge in [0.2, 0.25) is 0 Å². The van der Waals surface area contributed by atoms with Crippen LogP contribution >= 0.6 is 0 Å². The lowest BCUT2D eigenvalue weighted by Crippen LogP contribution is -2.21. The molecule has 2 nitrogen and oxygen atoms in total. The molecule has 0 fully saturated rings. The second-order valence-electron chi connectivity index (χ2n) is 7.72. The summed E-state index contributed by atoms with van der Waals surface area (Å²) in [6.45, 7) is 6.44. The van der Waals surface area contributed by atoms with Gasteiger partial charge in [-0.25, -0.2) is 0 Å². The van der Waals surface area contributed by atoms with E-state index in [0.717, 1.165) is 19.3 Å². The molecule has 0 amide bonds. The van der Waals surface area contributed by atoms with Crippen molar-refractivity contribution in [3.8, 4) is 0 Å². The van der Waals surface area contributed by atoms with Gasteiger partial charge in [0.25, 0.3) is 0 Å². The van der Waals surface area contributed by atoms with Crippen molar-refractivity contribution < 1.29 is 9.90 Å². The fraction of sp³-hybridized carbons (Fsp3) is 0.955. The minimum absolute atomic E-state index is 0.132. The minimum atomic E-state index is -0.598. The van der Waals surface area contributed by atoms with E-state index in [9.17, 15) is 9.90 Å². The van der Waals surface area contributed by atoms with Crippen molar-refractivity contribution >= 4 is 5.97 Å². The zero-order valence-electron chi connectivity index (χ0n) is 16.8. The number of rotatable bonds is 18. The van der Waals surface area contributed by atoms with E-state index < -0.39 is 5.97 Å².